The van der Waals surface area contributed by atoms with Gasteiger partial charge in [0.25, 0.3) is 5.56 Å². The van der Waals surface area contributed by atoms with Crippen molar-refractivity contribution in [1.29, 1.82) is 0 Å². The van der Waals surface area contributed by atoms with Crippen LogP contribution in [0.3, 0.4) is 0 Å². The average molecular weight is 302 g/mol. The van der Waals surface area contributed by atoms with E-state index in [0.717, 1.165) is 11.1 Å². The minimum Gasteiger partial charge on any atom is -0.470 e. The molecule has 4 nitrogen and oxygen atoms in total. The first-order chi connectivity index (χ1) is 10.5. The minimum atomic E-state index is -0.157. The highest BCUT2D eigenvalue weighted by molar-refractivity contribution is 5.19. The maximum absolute atomic E-state index is 11.7. The second-order valence-corrected chi connectivity index (χ2v) is 5.24. The predicted octanol–water partition coefficient (Wildman–Crippen LogP) is 4.30. The molecule has 0 saturated heterocycles. The van der Waals surface area contributed by atoms with E-state index in [0.29, 0.717) is 5.88 Å². The zero-order valence-electron chi connectivity index (χ0n) is 14.3. The Labute approximate surface area is 132 Å². The van der Waals surface area contributed by atoms with Crippen molar-refractivity contribution in [2.75, 3.05) is 0 Å². The van der Waals surface area contributed by atoms with Crippen molar-refractivity contribution in [3.05, 3.63) is 58.1 Å². The third-order valence-electron chi connectivity index (χ3n) is 3.17. The fourth-order valence-electron chi connectivity index (χ4n) is 1.94. The van der Waals surface area contributed by atoms with E-state index in [1.54, 1.807) is 22.9 Å². The van der Waals surface area contributed by atoms with Gasteiger partial charge in [-0.3, -0.25) is 4.79 Å². The van der Waals surface area contributed by atoms with E-state index < -0.39 is 0 Å². The number of hydrogen-bond acceptors (Lipinski definition) is 3. The van der Waals surface area contributed by atoms with E-state index in [2.05, 4.69) is 4.98 Å². The van der Waals surface area contributed by atoms with Crippen LogP contribution >= 0.6 is 0 Å². The Balaban J connectivity index is 0.00000116. The minimum absolute atomic E-state index is 0.00408. The van der Waals surface area contributed by atoms with Crippen LogP contribution in [0.15, 0.2) is 41.5 Å². The zero-order chi connectivity index (χ0) is 16.7. The molecule has 2 aromatic rings. The van der Waals surface area contributed by atoms with Gasteiger partial charge in [-0.25, -0.2) is 4.98 Å². The molecule has 2 rings (SSSR count). The lowest BCUT2D eigenvalue weighted by Crippen LogP contribution is -2.21. The van der Waals surface area contributed by atoms with Gasteiger partial charge in [0.2, 0.25) is 5.88 Å². The molecule has 0 aliphatic carbocycles. The third kappa shape index (κ3) is 4.72. The van der Waals surface area contributed by atoms with Gasteiger partial charge in [0.1, 0.15) is 6.10 Å². The molecule has 22 heavy (non-hydrogen) atoms. The predicted molar refractivity (Wildman–Crippen MR) is 90.5 cm³/mol. The van der Waals surface area contributed by atoms with Gasteiger partial charge in [0.05, 0.1) is 0 Å². The smallest absolute Gasteiger partial charge is 0.250 e. The molecule has 0 bridgehead atoms. The standard InChI is InChI=1S/C16H20N2O2.C2H6/c1-11(2)18-10-14(6-8-16(18)19)13(4)20-15-7-5-12(3)9-17-15;1-2/h5-11,13H,1-4H3;1-2H3. The van der Waals surface area contributed by atoms with Crippen LogP contribution in [-0.2, 0) is 0 Å². The van der Waals surface area contributed by atoms with Crippen LogP contribution in [0.5, 0.6) is 5.88 Å². The molecule has 1 unspecified atom stereocenters. The molecule has 120 valence electrons. The first-order valence-electron chi connectivity index (χ1n) is 7.79. The average Bonchev–Trinajstić information content (AvgIpc) is 2.51. The van der Waals surface area contributed by atoms with Gasteiger partial charge < -0.3 is 9.30 Å². The van der Waals surface area contributed by atoms with Gasteiger partial charge in [-0.2, -0.15) is 0 Å². The van der Waals surface area contributed by atoms with E-state index >= 15 is 0 Å². The number of rotatable bonds is 4. The molecule has 0 N–H and O–H groups in total. The van der Waals surface area contributed by atoms with Crippen molar-refractivity contribution >= 4 is 0 Å². The topological polar surface area (TPSA) is 44.1 Å². The van der Waals surface area contributed by atoms with E-state index in [1.165, 1.54) is 0 Å². The molecule has 0 spiro atoms. The monoisotopic (exact) mass is 302 g/mol. The van der Waals surface area contributed by atoms with E-state index in [-0.39, 0.29) is 17.7 Å². The van der Waals surface area contributed by atoms with Gasteiger partial charge >= 0.3 is 0 Å². The van der Waals surface area contributed by atoms with Crippen molar-refractivity contribution in [3.8, 4) is 5.88 Å². The summed E-state index contributed by atoms with van der Waals surface area (Å²) in [5, 5.41) is 0. The summed E-state index contributed by atoms with van der Waals surface area (Å²) in [5.74, 6) is 0.588. The van der Waals surface area contributed by atoms with Gasteiger partial charge in [-0.15, -0.1) is 0 Å². The molecule has 0 aliphatic heterocycles. The molecule has 0 aromatic carbocycles. The molecule has 0 radical (unpaired) electrons. The Morgan fingerprint density at radius 1 is 1.09 bits per heavy atom. The van der Waals surface area contributed by atoms with Crippen LogP contribution in [0.4, 0.5) is 0 Å². The third-order valence-corrected chi connectivity index (χ3v) is 3.17. The molecule has 0 aliphatic rings. The summed E-state index contributed by atoms with van der Waals surface area (Å²) < 4.78 is 7.51. The van der Waals surface area contributed by atoms with Crippen LogP contribution in [0.1, 0.15) is 57.9 Å². The molecule has 1 atom stereocenters. The van der Waals surface area contributed by atoms with Gasteiger partial charge in [0, 0.05) is 36.1 Å². The Kier molecular flexibility index (Phi) is 6.83. The van der Waals surface area contributed by atoms with Crippen LogP contribution in [-0.4, -0.2) is 9.55 Å². The number of aromatic nitrogens is 2. The Morgan fingerprint density at radius 2 is 1.77 bits per heavy atom. The van der Waals surface area contributed by atoms with Crippen LogP contribution < -0.4 is 10.3 Å². The Morgan fingerprint density at radius 3 is 2.32 bits per heavy atom. The first kappa shape index (κ1) is 18.0. The quantitative estimate of drug-likeness (QED) is 0.846. The normalized spacial score (nSPS) is 11.6. The highest BCUT2D eigenvalue weighted by Crippen LogP contribution is 2.19. The molecule has 0 amide bonds. The number of pyridine rings is 2. The summed E-state index contributed by atoms with van der Waals surface area (Å²) in [7, 11) is 0. The van der Waals surface area contributed by atoms with Crippen molar-refractivity contribution in [2.45, 2.75) is 53.7 Å². The Hall–Kier alpha value is -2.10. The maximum Gasteiger partial charge on any atom is 0.250 e. The van der Waals surface area contributed by atoms with Crippen LogP contribution in [0.25, 0.3) is 0 Å². The molecular weight excluding hydrogens is 276 g/mol. The zero-order valence-corrected chi connectivity index (χ0v) is 14.3. The molecule has 2 aromatic heterocycles. The van der Waals surface area contributed by atoms with Crippen molar-refractivity contribution in [1.82, 2.24) is 9.55 Å². The number of nitrogens with zero attached hydrogens (tertiary/aromatic N) is 2. The summed E-state index contributed by atoms with van der Waals surface area (Å²) in [5.41, 5.74) is 2.06. The molecule has 4 heteroatoms. The van der Waals surface area contributed by atoms with E-state index in [4.69, 9.17) is 4.74 Å². The van der Waals surface area contributed by atoms with E-state index in [1.807, 2.05) is 59.9 Å². The van der Waals surface area contributed by atoms with Gasteiger partial charge in [-0.1, -0.05) is 19.9 Å². The van der Waals surface area contributed by atoms with Crippen LogP contribution in [0, 0.1) is 6.92 Å². The molecular formula is C18H26N2O2. The van der Waals surface area contributed by atoms with Crippen molar-refractivity contribution in [3.63, 3.8) is 0 Å². The maximum atomic E-state index is 11.7. The first-order valence-corrected chi connectivity index (χ1v) is 7.79. The van der Waals surface area contributed by atoms with Crippen molar-refractivity contribution < 1.29 is 4.74 Å². The summed E-state index contributed by atoms with van der Waals surface area (Å²) in [4.78, 5) is 16.0. The number of ether oxygens (including phenoxy) is 1. The van der Waals surface area contributed by atoms with Gasteiger partial charge in [0.15, 0.2) is 0 Å². The lowest BCUT2D eigenvalue weighted by molar-refractivity contribution is 0.216. The summed E-state index contributed by atoms with van der Waals surface area (Å²) in [6, 6.07) is 7.33. The lowest BCUT2D eigenvalue weighted by atomic mass is 10.2. The van der Waals surface area contributed by atoms with Gasteiger partial charge in [-0.05, 0) is 39.3 Å². The molecule has 0 saturated carbocycles. The summed E-state index contributed by atoms with van der Waals surface area (Å²) in [6.45, 7) is 11.9. The number of hydrogen-bond donors (Lipinski definition) is 0. The highest BCUT2D eigenvalue weighted by Gasteiger charge is 2.10. The van der Waals surface area contributed by atoms with Crippen LogP contribution in [0.2, 0.25) is 0 Å². The fraction of sp³-hybridized carbons (Fsp3) is 0.444. The molecule has 0 fully saturated rings. The largest absolute Gasteiger partial charge is 0.470 e. The Bertz CT molecular complexity index is 630. The fourth-order valence-corrected chi connectivity index (χ4v) is 1.94. The second kappa shape index (κ2) is 8.37. The number of aryl methyl sites for hydroxylation is 1. The van der Waals surface area contributed by atoms with Crippen molar-refractivity contribution in [2.24, 2.45) is 0 Å². The van der Waals surface area contributed by atoms with E-state index in [9.17, 15) is 4.79 Å². The molecule has 2 heterocycles. The lowest BCUT2D eigenvalue weighted by Gasteiger charge is -2.17. The summed E-state index contributed by atoms with van der Waals surface area (Å²) in [6.07, 6.45) is 3.47. The second-order valence-electron chi connectivity index (χ2n) is 5.24. The summed E-state index contributed by atoms with van der Waals surface area (Å²) >= 11 is 0. The highest BCUT2D eigenvalue weighted by atomic mass is 16.5. The SMILES string of the molecule is CC.Cc1ccc(OC(C)c2ccc(=O)n(C(C)C)c2)nc1.